The van der Waals surface area contributed by atoms with Gasteiger partial charge >= 0.3 is 0 Å². The largest absolute Gasteiger partial charge is 0.368 e. The first-order valence-corrected chi connectivity index (χ1v) is 3.43. The standard InChI is InChI=1S/C4H11NO2S/c1-4(6)7-2-3-8-5/h4,6H,2-3,5H2,1H3. The summed E-state index contributed by atoms with van der Waals surface area (Å²) in [4.78, 5) is 0. The van der Waals surface area contributed by atoms with Gasteiger partial charge in [0.1, 0.15) is 0 Å². The second-order valence-electron chi connectivity index (χ2n) is 1.34. The smallest absolute Gasteiger partial charge is 0.151 e. The third kappa shape index (κ3) is 6.23. The van der Waals surface area contributed by atoms with Crippen LogP contribution in [-0.2, 0) is 4.74 Å². The molecule has 0 aliphatic carbocycles. The maximum Gasteiger partial charge on any atom is 0.151 e. The van der Waals surface area contributed by atoms with Crippen LogP contribution in [-0.4, -0.2) is 23.8 Å². The highest BCUT2D eigenvalue weighted by atomic mass is 32.2. The third-order valence-electron chi connectivity index (χ3n) is 0.560. The Bertz CT molecular complexity index is 51.3. The van der Waals surface area contributed by atoms with Crippen molar-refractivity contribution in [3.63, 3.8) is 0 Å². The Morgan fingerprint density at radius 3 is 2.88 bits per heavy atom. The van der Waals surface area contributed by atoms with Crippen LogP contribution in [0.1, 0.15) is 6.92 Å². The monoisotopic (exact) mass is 137 g/mol. The van der Waals surface area contributed by atoms with Crippen LogP contribution in [0.15, 0.2) is 0 Å². The summed E-state index contributed by atoms with van der Waals surface area (Å²) in [5.74, 6) is 0.727. The summed E-state index contributed by atoms with van der Waals surface area (Å²) in [6, 6.07) is 0. The number of hydrogen-bond acceptors (Lipinski definition) is 4. The fraction of sp³-hybridized carbons (Fsp3) is 1.00. The van der Waals surface area contributed by atoms with Crippen molar-refractivity contribution in [3.05, 3.63) is 0 Å². The highest BCUT2D eigenvalue weighted by molar-refractivity contribution is 7.97. The maximum atomic E-state index is 8.51. The topological polar surface area (TPSA) is 55.5 Å². The van der Waals surface area contributed by atoms with Crippen molar-refractivity contribution in [1.29, 1.82) is 0 Å². The van der Waals surface area contributed by atoms with E-state index in [4.69, 9.17) is 15.0 Å². The molecule has 8 heavy (non-hydrogen) atoms. The van der Waals surface area contributed by atoms with Gasteiger partial charge in [-0.25, -0.2) is 0 Å². The molecule has 0 aromatic heterocycles. The molecule has 0 aliphatic rings. The van der Waals surface area contributed by atoms with E-state index in [9.17, 15) is 0 Å². The first-order chi connectivity index (χ1) is 3.77. The zero-order valence-electron chi connectivity index (χ0n) is 4.83. The van der Waals surface area contributed by atoms with Crippen LogP contribution in [0, 0.1) is 0 Å². The molecular weight excluding hydrogens is 126 g/mol. The summed E-state index contributed by atoms with van der Waals surface area (Å²) in [6.07, 6.45) is -0.665. The van der Waals surface area contributed by atoms with E-state index in [1.807, 2.05) is 0 Å². The van der Waals surface area contributed by atoms with Crippen LogP contribution in [0.2, 0.25) is 0 Å². The lowest BCUT2D eigenvalue weighted by atomic mass is 10.7. The van der Waals surface area contributed by atoms with Gasteiger partial charge in [-0.05, 0) is 6.92 Å². The highest BCUT2D eigenvalue weighted by Crippen LogP contribution is 1.88. The number of aliphatic hydroxyl groups is 1. The van der Waals surface area contributed by atoms with Crippen LogP contribution in [0.5, 0.6) is 0 Å². The molecule has 4 heteroatoms. The third-order valence-corrected chi connectivity index (χ3v) is 0.963. The van der Waals surface area contributed by atoms with Crippen molar-refractivity contribution in [3.8, 4) is 0 Å². The Labute approximate surface area is 53.3 Å². The molecule has 0 aromatic rings. The van der Waals surface area contributed by atoms with E-state index in [1.165, 1.54) is 11.9 Å². The molecule has 0 saturated carbocycles. The molecule has 0 radical (unpaired) electrons. The van der Waals surface area contributed by atoms with Gasteiger partial charge in [0.05, 0.1) is 6.61 Å². The van der Waals surface area contributed by atoms with Crippen molar-refractivity contribution < 1.29 is 9.84 Å². The van der Waals surface area contributed by atoms with E-state index in [1.54, 1.807) is 6.92 Å². The van der Waals surface area contributed by atoms with Crippen molar-refractivity contribution in [2.75, 3.05) is 12.4 Å². The van der Waals surface area contributed by atoms with Gasteiger partial charge in [-0.15, -0.1) is 0 Å². The number of ether oxygens (including phenoxy) is 1. The minimum Gasteiger partial charge on any atom is -0.368 e. The molecule has 1 unspecified atom stereocenters. The van der Waals surface area contributed by atoms with Gasteiger partial charge in [-0.1, -0.05) is 11.9 Å². The minimum absolute atomic E-state index is 0.513. The summed E-state index contributed by atoms with van der Waals surface area (Å²) in [6.45, 7) is 2.08. The van der Waals surface area contributed by atoms with Gasteiger partial charge in [-0.3, -0.25) is 5.14 Å². The molecule has 0 amide bonds. The van der Waals surface area contributed by atoms with Gasteiger partial charge in [-0.2, -0.15) is 0 Å². The summed E-state index contributed by atoms with van der Waals surface area (Å²) < 4.78 is 4.74. The molecule has 0 rings (SSSR count). The van der Waals surface area contributed by atoms with Gasteiger partial charge in [0.2, 0.25) is 0 Å². The van der Waals surface area contributed by atoms with Crippen LogP contribution in [0.25, 0.3) is 0 Å². The summed E-state index contributed by atoms with van der Waals surface area (Å²) >= 11 is 1.21. The Morgan fingerprint density at radius 1 is 1.88 bits per heavy atom. The van der Waals surface area contributed by atoms with E-state index in [0.29, 0.717) is 6.61 Å². The SMILES string of the molecule is CC(O)OCCSN. The van der Waals surface area contributed by atoms with Gasteiger partial charge in [0, 0.05) is 5.75 Å². The second-order valence-corrected chi connectivity index (χ2v) is 2.08. The van der Waals surface area contributed by atoms with E-state index in [2.05, 4.69) is 0 Å². The Morgan fingerprint density at radius 2 is 2.50 bits per heavy atom. The van der Waals surface area contributed by atoms with Gasteiger partial charge in [0.15, 0.2) is 6.29 Å². The molecule has 0 bridgehead atoms. The molecule has 0 saturated heterocycles. The fourth-order valence-corrected chi connectivity index (χ4v) is 0.459. The molecule has 0 fully saturated rings. The predicted octanol–water partition coefficient (Wildman–Crippen LogP) is -0.0518. The number of aliphatic hydroxyl groups excluding tert-OH is 1. The average Bonchev–Trinajstić information content (AvgIpc) is 1.66. The summed E-state index contributed by atoms with van der Waals surface area (Å²) in [5, 5.41) is 13.6. The lowest BCUT2D eigenvalue weighted by Crippen LogP contribution is -2.09. The number of nitrogens with two attached hydrogens (primary N) is 1. The fourth-order valence-electron chi connectivity index (χ4n) is 0.267. The van der Waals surface area contributed by atoms with E-state index < -0.39 is 6.29 Å². The zero-order chi connectivity index (χ0) is 6.41. The molecule has 3 N–H and O–H groups in total. The number of hydrogen-bond donors (Lipinski definition) is 2. The van der Waals surface area contributed by atoms with Crippen LogP contribution < -0.4 is 5.14 Å². The van der Waals surface area contributed by atoms with Crippen molar-refractivity contribution in [2.24, 2.45) is 5.14 Å². The molecule has 1 atom stereocenters. The van der Waals surface area contributed by atoms with Crippen molar-refractivity contribution in [1.82, 2.24) is 0 Å². The quantitative estimate of drug-likeness (QED) is 0.324. The average molecular weight is 137 g/mol. The molecule has 0 heterocycles. The Kier molecular flexibility index (Phi) is 5.52. The van der Waals surface area contributed by atoms with Gasteiger partial charge in [0.25, 0.3) is 0 Å². The lowest BCUT2D eigenvalue weighted by Gasteiger charge is -2.03. The van der Waals surface area contributed by atoms with Crippen molar-refractivity contribution >= 4 is 11.9 Å². The lowest BCUT2D eigenvalue weighted by molar-refractivity contribution is -0.0790. The summed E-state index contributed by atoms with van der Waals surface area (Å²) in [7, 11) is 0. The van der Waals surface area contributed by atoms with Crippen molar-refractivity contribution in [2.45, 2.75) is 13.2 Å². The van der Waals surface area contributed by atoms with E-state index in [0.717, 1.165) is 5.75 Å². The zero-order valence-corrected chi connectivity index (χ0v) is 5.65. The van der Waals surface area contributed by atoms with E-state index in [-0.39, 0.29) is 0 Å². The van der Waals surface area contributed by atoms with E-state index >= 15 is 0 Å². The molecule has 50 valence electrons. The number of rotatable bonds is 4. The van der Waals surface area contributed by atoms with Gasteiger partial charge < -0.3 is 9.84 Å². The molecule has 3 nitrogen and oxygen atoms in total. The maximum absolute atomic E-state index is 8.51. The first kappa shape index (κ1) is 8.23. The molecular formula is C4H11NO2S. The predicted molar refractivity (Wildman–Crippen MR) is 34.3 cm³/mol. The first-order valence-electron chi connectivity index (χ1n) is 2.38. The Balaban J connectivity index is 2.72. The molecule has 0 aromatic carbocycles. The molecule has 0 aliphatic heterocycles. The van der Waals surface area contributed by atoms with Crippen LogP contribution in [0.4, 0.5) is 0 Å². The summed E-state index contributed by atoms with van der Waals surface area (Å²) in [5.41, 5.74) is 0. The Hall–Kier alpha value is 0.230. The minimum atomic E-state index is -0.665. The highest BCUT2D eigenvalue weighted by Gasteiger charge is 1.91. The molecule has 0 spiro atoms. The normalized spacial score (nSPS) is 13.9. The van der Waals surface area contributed by atoms with Crippen LogP contribution in [0.3, 0.4) is 0 Å². The van der Waals surface area contributed by atoms with Crippen LogP contribution >= 0.6 is 11.9 Å². The second kappa shape index (κ2) is 5.37.